The van der Waals surface area contributed by atoms with Crippen LogP contribution in [-0.4, -0.2) is 25.0 Å². The highest BCUT2D eigenvalue weighted by atomic mass is 35.5. The number of ether oxygens (including phenoxy) is 1. The van der Waals surface area contributed by atoms with Gasteiger partial charge in [-0.2, -0.15) is 0 Å². The van der Waals surface area contributed by atoms with E-state index in [4.69, 9.17) is 20.8 Å². The van der Waals surface area contributed by atoms with Crippen LogP contribution < -0.4 is 15.0 Å². The molecule has 1 saturated carbocycles. The fourth-order valence-corrected chi connectivity index (χ4v) is 4.35. The van der Waals surface area contributed by atoms with Crippen molar-refractivity contribution in [3.05, 3.63) is 83.0 Å². The molecule has 2 amide bonds. The summed E-state index contributed by atoms with van der Waals surface area (Å²) in [5, 5.41) is 3.33. The normalized spacial score (nSPS) is 14.6. The number of anilines is 1. The molecule has 6 nitrogen and oxygen atoms in total. The second-order valence-corrected chi connectivity index (χ2v) is 8.32. The summed E-state index contributed by atoms with van der Waals surface area (Å²) in [7, 11) is 1.44. The van der Waals surface area contributed by atoms with Crippen LogP contribution in [0.5, 0.6) is 5.75 Å². The van der Waals surface area contributed by atoms with Crippen molar-refractivity contribution in [1.82, 2.24) is 5.32 Å². The van der Waals surface area contributed by atoms with Gasteiger partial charge < -0.3 is 14.5 Å². The Bertz CT molecular complexity index is 1130. The summed E-state index contributed by atoms with van der Waals surface area (Å²) in [6.45, 7) is 0. The number of rotatable bonds is 7. The van der Waals surface area contributed by atoms with Gasteiger partial charge in [-0.25, -0.2) is 4.39 Å². The zero-order chi connectivity index (χ0) is 23.4. The van der Waals surface area contributed by atoms with Crippen LogP contribution in [0.1, 0.15) is 47.8 Å². The number of amides is 2. The van der Waals surface area contributed by atoms with Crippen molar-refractivity contribution in [2.75, 3.05) is 12.0 Å². The highest BCUT2D eigenvalue weighted by molar-refractivity contribution is 6.31. The SMILES string of the molecule is COc1ccc(Cl)cc1N(C(=O)c1ccco1)C(C(=O)NC1CCCC1)c1ccccc1F. The van der Waals surface area contributed by atoms with Gasteiger partial charge in [0.15, 0.2) is 5.76 Å². The lowest BCUT2D eigenvalue weighted by Crippen LogP contribution is -2.46. The third-order valence-electron chi connectivity index (χ3n) is 5.76. The Labute approximate surface area is 196 Å². The first-order chi connectivity index (χ1) is 16.0. The Morgan fingerprint density at radius 2 is 1.91 bits per heavy atom. The van der Waals surface area contributed by atoms with Gasteiger partial charge in [-0.05, 0) is 49.2 Å². The number of nitrogens with one attached hydrogen (secondary N) is 1. The van der Waals surface area contributed by atoms with Gasteiger partial charge in [0, 0.05) is 16.6 Å². The number of hydrogen-bond donors (Lipinski definition) is 1. The third kappa shape index (κ3) is 4.88. The third-order valence-corrected chi connectivity index (χ3v) is 5.99. The maximum absolute atomic E-state index is 15.1. The quantitative estimate of drug-likeness (QED) is 0.493. The molecule has 1 unspecified atom stereocenters. The molecule has 8 heteroatoms. The lowest BCUT2D eigenvalue weighted by Gasteiger charge is -2.32. The molecular weight excluding hydrogens is 447 g/mol. The molecule has 0 aliphatic heterocycles. The first-order valence-corrected chi connectivity index (χ1v) is 11.1. The number of nitrogens with zero attached hydrogens (tertiary/aromatic N) is 1. The van der Waals surface area contributed by atoms with Crippen molar-refractivity contribution in [2.45, 2.75) is 37.8 Å². The maximum Gasteiger partial charge on any atom is 0.295 e. The van der Waals surface area contributed by atoms with Crippen molar-refractivity contribution in [2.24, 2.45) is 0 Å². The summed E-state index contributed by atoms with van der Waals surface area (Å²) in [6.07, 6.45) is 5.04. The molecule has 4 rings (SSSR count). The van der Waals surface area contributed by atoms with E-state index in [9.17, 15) is 9.59 Å². The highest BCUT2D eigenvalue weighted by Gasteiger charge is 2.38. The number of furan rings is 1. The van der Waals surface area contributed by atoms with Gasteiger partial charge in [-0.3, -0.25) is 14.5 Å². The Morgan fingerprint density at radius 3 is 2.58 bits per heavy atom. The van der Waals surface area contributed by atoms with Gasteiger partial charge in [0.25, 0.3) is 5.91 Å². The van der Waals surface area contributed by atoms with E-state index in [0.717, 1.165) is 25.7 Å². The first kappa shape index (κ1) is 22.9. The Morgan fingerprint density at radius 1 is 1.15 bits per heavy atom. The van der Waals surface area contributed by atoms with E-state index < -0.39 is 23.7 Å². The number of hydrogen-bond acceptors (Lipinski definition) is 4. The van der Waals surface area contributed by atoms with E-state index >= 15 is 4.39 Å². The van der Waals surface area contributed by atoms with Crippen LogP contribution in [0.25, 0.3) is 0 Å². The molecule has 0 saturated heterocycles. The second kappa shape index (κ2) is 10.1. The molecule has 3 aromatic rings. The summed E-state index contributed by atoms with van der Waals surface area (Å²) in [4.78, 5) is 28.5. The number of halogens is 2. The van der Waals surface area contributed by atoms with Crippen LogP contribution in [0.4, 0.5) is 10.1 Å². The van der Waals surface area contributed by atoms with E-state index in [-0.39, 0.29) is 23.1 Å². The molecule has 1 fully saturated rings. The molecule has 2 aromatic carbocycles. The lowest BCUT2D eigenvalue weighted by atomic mass is 10.0. The van der Waals surface area contributed by atoms with Gasteiger partial charge in [-0.15, -0.1) is 0 Å². The van der Waals surface area contributed by atoms with Crippen LogP contribution in [-0.2, 0) is 4.79 Å². The lowest BCUT2D eigenvalue weighted by molar-refractivity contribution is -0.123. The van der Waals surface area contributed by atoms with E-state index in [1.165, 1.54) is 48.6 Å². The van der Waals surface area contributed by atoms with Crippen molar-refractivity contribution in [3.8, 4) is 5.75 Å². The van der Waals surface area contributed by atoms with E-state index in [0.29, 0.717) is 10.8 Å². The Balaban J connectivity index is 1.89. The van der Waals surface area contributed by atoms with Crippen LogP contribution >= 0.6 is 11.6 Å². The maximum atomic E-state index is 15.1. The van der Waals surface area contributed by atoms with Crippen LogP contribution in [0.3, 0.4) is 0 Å². The molecule has 1 aliphatic carbocycles. The number of carbonyl (C=O) groups excluding carboxylic acids is 2. The van der Waals surface area contributed by atoms with Crippen molar-refractivity contribution in [3.63, 3.8) is 0 Å². The Kier molecular flexibility index (Phi) is 6.99. The predicted molar refractivity (Wildman–Crippen MR) is 123 cm³/mol. The van der Waals surface area contributed by atoms with Gasteiger partial charge in [0.05, 0.1) is 19.1 Å². The monoisotopic (exact) mass is 470 g/mol. The van der Waals surface area contributed by atoms with Gasteiger partial charge in [0.2, 0.25) is 5.91 Å². The minimum absolute atomic E-state index is 0.00738. The summed E-state index contributed by atoms with van der Waals surface area (Å²) < 4.78 is 25.9. The molecular formula is C25H24ClFN2O4. The molecule has 0 spiro atoms. The van der Waals surface area contributed by atoms with Crippen molar-refractivity contribution >= 4 is 29.1 Å². The molecule has 0 radical (unpaired) electrons. The average Bonchev–Trinajstić information content (AvgIpc) is 3.52. The van der Waals surface area contributed by atoms with E-state index in [2.05, 4.69) is 5.32 Å². The van der Waals surface area contributed by atoms with Gasteiger partial charge in [-0.1, -0.05) is 42.6 Å². The molecule has 1 atom stereocenters. The van der Waals surface area contributed by atoms with Gasteiger partial charge >= 0.3 is 0 Å². The highest BCUT2D eigenvalue weighted by Crippen LogP contribution is 2.39. The average molecular weight is 471 g/mol. The molecule has 1 heterocycles. The first-order valence-electron chi connectivity index (χ1n) is 10.7. The van der Waals surface area contributed by atoms with Gasteiger partial charge in [0.1, 0.15) is 17.6 Å². The van der Waals surface area contributed by atoms with Crippen molar-refractivity contribution < 1.29 is 23.1 Å². The summed E-state index contributed by atoms with van der Waals surface area (Å²) in [5.74, 6) is -1.44. The molecule has 1 N–H and O–H groups in total. The van der Waals surface area contributed by atoms with Crippen LogP contribution in [0.15, 0.2) is 65.3 Å². The molecule has 1 aliphatic rings. The molecule has 0 bridgehead atoms. The minimum atomic E-state index is -1.32. The number of carbonyl (C=O) groups is 2. The zero-order valence-electron chi connectivity index (χ0n) is 18.1. The fraction of sp³-hybridized carbons (Fsp3) is 0.280. The fourth-order valence-electron chi connectivity index (χ4n) is 4.18. The zero-order valence-corrected chi connectivity index (χ0v) is 18.8. The molecule has 1 aromatic heterocycles. The number of methoxy groups -OCH3 is 1. The molecule has 33 heavy (non-hydrogen) atoms. The largest absolute Gasteiger partial charge is 0.495 e. The standard InChI is InChI=1S/C25H24ClFN2O4/c1-32-21-13-12-16(26)15-20(21)29(25(31)22-11-6-14-33-22)23(18-9-4-5-10-19(18)27)24(30)28-17-7-2-3-8-17/h4-6,9-15,17,23H,2-3,7-8H2,1H3,(H,28,30). The summed E-state index contributed by atoms with van der Waals surface area (Å²) >= 11 is 6.25. The second-order valence-electron chi connectivity index (χ2n) is 7.88. The summed E-state index contributed by atoms with van der Waals surface area (Å²) in [5.41, 5.74) is 0.274. The van der Waals surface area contributed by atoms with Crippen LogP contribution in [0, 0.1) is 5.82 Å². The Hall–Kier alpha value is -3.32. The topological polar surface area (TPSA) is 71.8 Å². The smallest absolute Gasteiger partial charge is 0.295 e. The van der Waals surface area contributed by atoms with Crippen LogP contribution in [0.2, 0.25) is 5.02 Å². The van der Waals surface area contributed by atoms with E-state index in [1.807, 2.05) is 0 Å². The minimum Gasteiger partial charge on any atom is -0.495 e. The molecule has 172 valence electrons. The van der Waals surface area contributed by atoms with E-state index in [1.54, 1.807) is 24.3 Å². The van der Waals surface area contributed by atoms with Crippen molar-refractivity contribution in [1.29, 1.82) is 0 Å². The summed E-state index contributed by atoms with van der Waals surface area (Å²) in [6, 6.07) is 12.3. The predicted octanol–water partition coefficient (Wildman–Crippen LogP) is 5.53. The number of benzene rings is 2.